The van der Waals surface area contributed by atoms with Crippen molar-refractivity contribution < 1.29 is 14.3 Å². The molecule has 0 radical (unpaired) electrons. The molecule has 1 rings (SSSR count). The molecule has 4 nitrogen and oxygen atoms in total. The van der Waals surface area contributed by atoms with E-state index in [0.717, 1.165) is 5.56 Å². The lowest BCUT2D eigenvalue weighted by Gasteiger charge is -2.10. The van der Waals surface area contributed by atoms with Crippen molar-refractivity contribution in [2.75, 3.05) is 20.1 Å². The molecule has 1 amide bonds. The molecule has 1 N–H and O–H groups in total. The minimum absolute atomic E-state index is 0.00503. The molecule has 0 aromatic heterocycles. The van der Waals surface area contributed by atoms with E-state index in [1.165, 1.54) is 0 Å². The number of halogens is 1. The summed E-state index contributed by atoms with van der Waals surface area (Å²) in [6, 6.07) is 5.56. The Labute approximate surface area is 112 Å². The number of carbonyl (C=O) groups excluding carboxylic acids is 1. The number of nitrogens with one attached hydrogen (secondary N) is 1. The van der Waals surface area contributed by atoms with Crippen LogP contribution in [0.2, 0.25) is 0 Å². The summed E-state index contributed by atoms with van der Waals surface area (Å²) in [5.74, 6) is 1.84. The second kappa shape index (κ2) is 7.82. The molecule has 1 aromatic rings. The third-order valence-corrected chi connectivity index (χ3v) is 2.74. The van der Waals surface area contributed by atoms with Crippen molar-refractivity contribution in [2.45, 2.75) is 19.4 Å². The van der Waals surface area contributed by atoms with Gasteiger partial charge in [-0.1, -0.05) is 6.07 Å². The molecule has 18 heavy (non-hydrogen) atoms. The van der Waals surface area contributed by atoms with Gasteiger partial charge in [-0.25, -0.2) is 0 Å². The molecule has 0 unspecified atom stereocenters. The molecule has 0 aliphatic rings. The van der Waals surface area contributed by atoms with Crippen molar-refractivity contribution in [3.8, 4) is 11.5 Å². The predicted molar refractivity (Wildman–Crippen MR) is 71.3 cm³/mol. The van der Waals surface area contributed by atoms with Crippen molar-refractivity contribution in [2.24, 2.45) is 0 Å². The molecule has 0 fully saturated rings. The molecule has 5 heteroatoms. The van der Waals surface area contributed by atoms with Crippen LogP contribution < -0.4 is 14.8 Å². The Morgan fingerprint density at radius 3 is 2.61 bits per heavy atom. The number of benzene rings is 1. The molecule has 1 aromatic carbocycles. The van der Waals surface area contributed by atoms with Crippen LogP contribution in [-0.2, 0) is 11.3 Å². The normalized spacial score (nSPS) is 9.94. The summed E-state index contributed by atoms with van der Waals surface area (Å²) in [4.78, 5) is 11.4. The van der Waals surface area contributed by atoms with Crippen molar-refractivity contribution >= 4 is 17.5 Å². The third-order valence-electron chi connectivity index (χ3n) is 2.48. The van der Waals surface area contributed by atoms with Crippen molar-refractivity contribution in [1.82, 2.24) is 5.32 Å². The fourth-order valence-electron chi connectivity index (χ4n) is 1.51. The summed E-state index contributed by atoms with van der Waals surface area (Å²) in [5.41, 5.74) is 0.965. The average Bonchev–Trinajstić information content (AvgIpc) is 2.42. The third kappa shape index (κ3) is 4.45. The standard InChI is InChI=1S/C13H18ClNO3/c1-17-11-6-5-10(8-12(11)18-2)9-15-13(16)4-3-7-14/h5-6,8H,3-4,7,9H2,1-2H3,(H,15,16). The number of ether oxygens (including phenoxy) is 2. The fraction of sp³-hybridized carbons (Fsp3) is 0.462. The van der Waals surface area contributed by atoms with Gasteiger partial charge in [0.25, 0.3) is 0 Å². The molecule has 0 atom stereocenters. The maximum Gasteiger partial charge on any atom is 0.220 e. The highest BCUT2D eigenvalue weighted by atomic mass is 35.5. The van der Waals surface area contributed by atoms with Crippen LogP contribution in [0.15, 0.2) is 18.2 Å². The van der Waals surface area contributed by atoms with Gasteiger partial charge in [-0.2, -0.15) is 0 Å². The maximum absolute atomic E-state index is 11.4. The van der Waals surface area contributed by atoms with Gasteiger partial charge in [-0.05, 0) is 24.1 Å². The summed E-state index contributed by atoms with van der Waals surface area (Å²) < 4.78 is 10.3. The number of methoxy groups -OCH3 is 2. The summed E-state index contributed by atoms with van der Waals surface area (Å²) in [6.07, 6.45) is 1.15. The number of hydrogen-bond acceptors (Lipinski definition) is 3. The summed E-state index contributed by atoms with van der Waals surface area (Å²) in [5, 5.41) is 2.83. The Hall–Kier alpha value is -1.42. The Balaban J connectivity index is 2.55. The zero-order valence-corrected chi connectivity index (χ0v) is 11.4. The Bertz CT molecular complexity index is 396. The van der Waals surface area contributed by atoms with Gasteiger partial charge in [-0.15, -0.1) is 11.6 Å². The number of rotatable bonds is 7. The number of carbonyl (C=O) groups is 1. The highest BCUT2D eigenvalue weighted by molar-refractivity contribution is 6.17. The van der Waals surface area contributed by atoms with Gasteiger partial charge in [0.1, 0.15) is 0 Å². The number of alkyl halides is 1. The van der Waals surface area contributed by atoms with Crippen LogP contribution in [-0.4, -0.2) is 26.0 Å². The van der Waals surface area contributed by atoms with Crippen LogP contribution in [0.25, 0.3) is 0 Å². The van der Waals surface area contributed by atoms with Crippen LogP contribution >= 0.6 is 11.6 Å². The zero-order valence-electron chi connectivity index (χ0n) is 10.7. The molecule has 0 bridgehead atoms. The highest BCUT2D eigenvalue weighted by Crippen LogP contribution is 2.27. The Morgan fingerprint density at radius 2 is 2.00 bits per heavy atom. The first kappa shape index (κ1) is 14.6. The van der Waals surface area contributed by atoms with Crippen molar-refractivity contribution in [3.63, 3.8) is 0 Å². The van der Waals surface area contributed by atoms with Crippen LogP contribution in [0.3, 0.4) is 0 Å². The van der Waals surface area contributed by atoms with Gasteiger partial charge in [0.05, 0.1) is 14.2 Å². The Kier molecular flexibility index (Phi) is 6.36. The van der Waals surface area contributed by atoms with E-state index in [1.807, 2.05) is 18.2 Å². The molecule has 0 aliphatic carbocycles. The van der Waals surface area contributed by atoms with Crippen LogP contribution in [0.4, 0.5) is 0 Å². The molecular weight excluding hydrogens is 254 g/mol. The van der Waals surface area contributed by atoms with Crippen LogP contribution in [0.1, 0.15) is 18.4 Å². The lowest BCUT2D eigenvalue weighted by atomic mass is 10.2. The molecule has 0 saturated heterocycles. The van der Waals surface area contributed by atoms with Crippen LogP contribution in [0.5, 0.6) is 11.5 Å². The zero-order chi connectivity index (χ0) is 13.4. The fourth-order valence-corrected chi connectivity index (χ4v) is 1.64. The first-order valence-corrected chi connectivity index (χ1v) is 6.28. The molecule has 0 saturated carbocycles. The summed E-state index contributed by atoms with van der Waals surface area (Å²) in [6.45, 7) is 0.474. The van der Waals surface area contributed by atoms with E-state index in [0.29, 0.717) is 36.8 Å². The van der Waals surface area contributed by atoms with E-state index in [-0.39, 0.29) is 5.91 Å². The van der Waals surface area contributed by atoms with Gasteiger partial charge in [0, 0.05) is 18.8 Å². The predicted octanol–water partition coefficient (Wildman–Crippen LogP) is 2.34. The van der Waals surface area contributed by atoms with Crippen molar-refractivity contribution in [3.05, 3.63) is 23.8 Å². The van der Waals surface area contributed by atoms with E-state index in [2.05, 4.69) is 5.32 Å². The molecule has 0 aliphatic heterocycles. The molecular formula is C13H18ClNO3. The van der Waals surface area contributed by atoms with Gasteiger partial charge in [-0.3, -0.25) is 4.79 Å². The largest absolute Gasteiger partial charge is 0.493 e. The quantitative estimate of drug-likeness (QED) is 0.775. The summed E-state index contributed by atoms with van der Waals surface area (Å²) >= 11 is 5.53. The topological polar surface area (TPSA) is 47.6 Å². The van der Waals surface area contributed by atoms with Crippen molar-refractivity contribution in [1.29, 1.82) is 0 Å². The van der Waals surface area contributed by atoms with E-state index in [1.54, 1.807) is 14.2 Å². The van der Waals surface area contributed by atoms with Gasteiger partial charge < -0.3 is 14.8 Å². The first-order chi connectivity index (χ1) is 8.71. The lowest BCUT2D eigenvalue weighted by Crippen LogP contribution is -2.22. The summed E-state index contributed by atoms with van der Waals surface area (Å²) in [7, 11) is 3.17. The highest BCUT2D eigenvalue weighted by Gasteiger charge is 2.05. The van der Waals surface area contributed by atoms with Gasteiger partial charge >= 0.3 is 0 Å². The van der Waals surface area contributed by atoms with E-state index < -0.39 is 0 Å². The second-order valence-electron chi connectivity index (χ2n) is 3.76. The monoisotopic (exact) mass is 271 g/mol. The van der Waals surface area contributed by atoms with Gasteiger partial charge in [0.2, 0.25) is 5.91 Å². The number of amides is 1. The van der Waals surface area contributed by atoms with E-state index >= 15 is 0 Å². The minimum Gasteiger partial charge on any atom is -0.493 e. The SMILES string of the molecule is COc1ccc(CNC(=O)CCCCl)cc1OC. The minimum atomic E-state index is 0.00503. The van der Waals surface area contributed by atoms with Gasteiger partial charge in [0.15, 0.2) is 11.5 Å². The van der Waals surface area contributed by atoms with E-state index in [4.69, 9.17) is 21.1 Å². The molecule has 0 spiro atoms. The van der Waals surface area contributed by atoms with E-state index in [9.17, 15) is 4.79 Å². The average molecular weight is 272 g/mol. The molecule has 100 valence electrons. The Morgan fingerprint density at radius 1 is 1.28 bits per heavy atom. The molecule has 0 heterocycles. The number of hydrogen-bond donors (Lipinski definition) is 1. The van der Waals surface area contributed by atoms with Crippen LogP contribution in [0, 0.1) is 0 Å². The first-order valence-electron chi connectivity index (χ1n) is 5.74. The smallest absolute Gasteiger partial charge is 0.220 e. The second-order valence-corrected chi connectivity index (χ2v) is 4.14. The lowest BCUT2D eigenvalue weighted by molar-refractivity contribution is -0.121. The maximum atomic E-state index is 11.4.